The molecule has 23 heavy (non-hydrogen) atoms. The van der Waals surface area contributed by atoms with Crippen LogP contribution in [0.25, 0.3) is 0 Å². The molecule has 0 aliphatic carbocycles. The van der Waals surface area contributed by atoms with Gasteiger partial charge >= 0.3 is 5.97 Å². The Labute approximate surface area is 129 Å². The fourth-order valence-electron chi connectivity index (χ4n) is 1.62. The van der Waals surface area contributed by atoms with E-state index in [2.05, 4.69) is 5.10 Å². The van der Waals surface area contributed by atoms with Gasteiger partial charge in [0.2, 0.25) is 5.78 Å². The van der Waals surface area contributed by atoms with Gasteiger partial charge < -0.3 is 5.11 Å². The van der Waals surface area contributed by atoms with Gasteiger partial charge in [-0.2, -0.15) is 17.6 Å². The lowest BCUT2D eigenvalue weighted by Gasteiger charge is -2.03. The SMILES string of the molecule is O=C(O)C(=O)CC(=O)c1ccn(S(=O)(=O)c2ccc(F)cc2)n1. The molecule has 0 atom stereocenters. The Hall–Kier alpha value is -2.88. The molecule has 0 radical (unpaired) electrons. The first-order valence-electron chi connectivity index (χ1n) is 6.08. The molecular formula is C13H9FN2O6S. The normalized spacial score (nSPS) is 11.2. The molecule has 0 fully saturated rings. The Morgan fingerprint density at radius 3 is 2.30 bits per heavy atom. The van der Waals surface area contributed by atoms with Crippen molar-refractivity contribution in [3.63, 3.8) is 0 Å². The van der Waals surface area contributed by atoms with Gasteiger partial charge in [0.1, 0.15) is 11.5 Å². The van der Waals surface area contributed by atoms with Crippen molar-refractivity contribution in [2.45, 2.75) is 11.3 Å². The summed E-state index contributed by atoms with van der Waals surface area (Å²) < 4.78 is 37.8. The topological polar surface area (TPSA) is 123 Å². The van der Waals surface area contributed by atoms with E-state index in [1.807, 2.05) is 0 Å². The second-order valence-corrected chi connectivity index (χ2v) is 6.16. The zero-order chi connectivity index (χ0) is 17.2. The number of nitrogens with zero attached hydrogens (tertiary/aromatic N) is 2. The molecular weight excluding hydrogens is 331 g/mol. The summed E-state index contributed by atoms with van der Waals surface area (Å²) in [6.45, 7) is 0. The highest BCUT2D eigenvalue weighted by Gasteiger charge is 2.23. The second kappa shape index (κ2) is 6.08. The van der Waals surface area contributed by atoms with E-state index in [9.17, 15) is 27.2 Å². The van der Waals surface area contributed by atoms with Crippen LogP contribution < -0.4 is 0 Å². The number of halogens is 1. The third-order valence-electron chi connectivity index (χ3n) is 2.77. The Morgan fingerprint density at radius 1 is 1.13 bits per heavy atom. The van der Waals surface area contributed by atoms with Gasteiger partial charge in [0.25, 0.3) is 10.0 Å². The number of carbonyl (C=O) groups is 3. The van der Waals surface area contributed by atoms with Crippen LogP contribution in [-0.4, -0.2) is 40.2 Å². The monoisotopic (exact) mass is 340 g/mol. The molecule has 1 heterocycles. The van der Waals surface area contributed by atoms with Crippen LogP contribution in [0.15, 0.2) is 41.4 Å². The summed E-state index contributed by atoms with van der Waals surface area (Å²) >= 11 is 0. The Morgan fingerprint density at radius 2 is 1.74 bits per heavy atom. The van der Waals surface area contributed by atoms with Gasteiger partial charge in [0.05, 0.1) is 11.3 Å². The van der Waals surface area contributed by atoms with Crippen molar-refractivity contribution >= 4 is 27.6 Å². The average molecular weight is 340 g/mol. The molecule has 1 aromatic heterocycles. The molecule has 0 aliphatic rings. The molecule has 1 aromatic carbocycles. The molecule has 0 amide bonds. The maximum Gasteiger partial charge on any atom is 0.372 e. The van der Waals surface area contributed by atoms with Crippen LogP contribution >= 0.6 is 0 Å². The van der Waals surface area contributed by atoms with Crippen LogP contribution in [0, 0.1) is 5.82 Å². The number of Topliss-reactive ketones (excluding diaryl/α,β-unsaturated/α-hetero) is 2. The lowest BCUT2D eigenvalue weighted by atomic mass is 10.1. The van der Waals surface area contributed by atoms with E-state index in [0.717, 1.165) is 36.5 Å². The minimum atomic E-state index is -4.13. The third-order valence-corrected chi connectivity index (χ3v) is 4.33. The number of carboxylic acid groups (broad SMARTS) is 1. The van der Waals surface area contributed by atoms with Crippen LogP contribution in [0.2, 0.25) is 0 Å². The van der Waals surface area contributed by atoms with Crippen molar-refractivity contribution in [1.82, 2.24) is 9.19 Å². The summed E-state index contributed by atoms with van der Waals surface area (Å²) in [5.74, 6) is -4.64. The third kappa shape index (κ3) is 3.48. The molecule has 0 aliphatic heterocycles. The number of hydrogen-bond donors (Lipinski definition) is 1. The first-order valence-corrected chi connectivity index (χ1v) is 7.52. The van der Waals surface area contributed by atoms with E-state index >= 15 is 0 Å². The predicted octanol–water partition coefficient (Wildman–Crippen LogP) is 0.486. The zero-order valence-corrected chi connectivity index (χ0v) is 12.2. The number of rotatable bonds is 6. The van der Waals surface area contributed by atoms with Crippen molar-refractivity contribution in [3.8, 4) is 0 Å². The smallest absolute Gasteiger partial charge is 0.372 e. The van der Waals surface area contributed by atoms with Crippen molar-refractivity contribution in [2.75, 3.05) is 0 Å². The first kappa shape index (κ1) is 16.5. The highest BCUT2D eigenvalue weighted by Crippen LogP contribution is 2.14. The van der Waals surface area contributed by atoms with E-state index in [1.165, 1.54) is 0 Å². The lowest BCUT2D eigenvalue weighted by molar-refractivity contribution is -0.148. The lowest BCUT2D eigenvalue weighted by Crippen LogP contribution is -2.18. The molecule has 2 rings (SSSR count). The number of benzene rings is 1. The Bertz CT molecular complexity index is 885. The number of ketones is 2. The largest absolute Gasteiger partial charge is 0.475 e. The average Bonchev–Trinajstić information content (AvgIpc) is 2.98. The molecule has 0 saturated heterocycles. The standard InChI is InChI=1S/C13H9FN2O6S/c14-8-1-3-9(4-2-8)23(21,22)16-6-5-10(15-16)11(17)7-12(18)13(19)20/h1-6H,7H2,(H,19,20). The van der Waals surface area contributed by atoms with E-state index in [1.54, 1.807) is 0 Å². The van der Waals surface area contributed by atoms with Crippen LogP contribution in [0.5, 0.6) is 0 Å². The number of hydrogen-bond acceptors (Lipinski definition) is 6. The van der Waals surface area contributed by atoms with Gasteiger partial charge in [-0.05, 0) is 30.3 Å². The molecule has 0 unspecified atom stereocenters. The van der Waals surface area contributed by atoms with Crippen LogP contribution in [0.4, 0.5) is 4.39 Å². The second-order valence-electron chi connectivity index (χ2n) is 4.36. The maximum absolute atomic E-state index is 12.8. The quantitative estimate of drug-likeness (QED) is 0.461. The van der Waals surface area contributed by atoms with Gasteiger partial charge in [-0.25, -0.2) is 9.18 Å². The fourth-order valence-corrected chi connectivity index (χ4v) is 2.73. The molecule has 0 bridgehead atoms. The van der Waals surface area contributed by atoms with Crippen molar-refractivity contribution in [2.24, 2.45) is 0 Å². The summed E-state index contributed by atoms with van der Waals surface area (Å²) in [4.78, 5) is 32.8. The molecule has 2 aromatic rings. The van der Waals surface area contributed by atoms with E-state index in [0.29, 0.717) is 4.09 Å². The number of aromatic nitrogens is 2. The van der Waals surface area contributed by atoms with Crippen molar-refractivity contribution in [3.05, 3.63) is 48.0 Å². The minimum Gasteiger partial charge on any atom is -0.475 e. The predicted molar refractivity (Wildman–Crippen MR) is 72.8 cm³/mol. The van der Waals surface area contributed by atoms with Crippen LogP contribution in [0.3, 0.4) is 0 Å². The summed E-state index contributed by atoms with van der Waals surface area (Å²) in [6.07, 6.45) is 0.0418. The molecule has 10 heteroatoms. The van der Waals surface area contributed by atoms with Gasteiger partial charge in [0, 0.05) is 6.20 Å². The summed E-state index contributed by atoms with van der Waals surface area (Å²) in [6, 6.07) is 5.00. The first-order chi connectivity index (χ1) is 10.7. The number of carbonyl (C=O) groups excluding carboxylic acids is 2. The van der Waals surface area contributed by atoms with Crippen molar-refractivity contribution in [1.29, 1.82) is 0 Å². The van der Waals surface area contributed by atoms with Gasteiger partial charge in [-0.1, -0.05) is 0 Å². The van der Waals surface area contributed by atoms with Crippen molar-refractivity contribution < 1.29 is 32.3 Å². The van der Waals surface area contributed by atoms with Gasteiger partial charge in [-0.3, -0.25) is 9.59 Å². The molecule has 8 nitrogen and oxygen atoms in total. The maximum atomic E-state index is 12.8. The number of aliphatic carboxylic acids is 1. The molecule has 120 valence electrons. The van der Waals surface area contributed by atoms with Gasteiger partial charge in [-0.15, -0.1) is 0 Å². The van der Waals surface area contributed by atoms with Gasteiger partial charge in [0.15, 0.2) is 5.78 Å². The highest BCUT2D eigenvalue weighted by atomic mass is 32.2. The Kier molecular flexibility index (Phi) is 4.36. The van der Waals surface area contributed by atoms with Crippen LogP contribution in [0.1, 0.15) is 16.9 Å². The zero-order valence-electron chi connectivity index (χ0n) is 11.3. The van der Waals surface area contributed by atoms with E-state index in [-0.39, 0.29) is 10.6 Å². The number of carboxylic acids is 1. The molecule has 0 saturated carbocycles. The van der Waals surface area contributed by atoms with Crippen LogP contribution in [-0.2, 0) is 19.6 Å². The van der Waals surface area contributed by atoms with E-state index < -0.39 is 39.8 Å². The van der Waals surface area contributed by atoms with E-state index in [4.69, 9.17) is 5.11 Å². The highest BCUT2D eigenvalue weighted by molar-refractivity contribution is 7.89. The Balaban J connectivity index is 2.28. The summed E-state index contributed by atoms with van der Waals surface area (Å²) in [7, 11) is -4.13. The minimum absolute atomic E-state index is 0.248. The molecule has 0 spiro atoms. The fraction of sp³-hybridized carbons (Fsp3) is 0.0769. The summed E-state index contributed by atoms with van der Waals surface area (Å²) in [5, 5.41) is 12.0. The molecule has 1 N–H and O–H groups in total. The summed E-state index contributed by atoms with van der Waals surface area (Å²) in [5.41, 5.74) is -0.370.